The van der Waals surface area contributed by atoms with Crippen LogP contribution in [0.4, 0.5) is 0 Å². The second-order valence-corrected chi connectivity index (χ2v) is 7.72. The second-order valence-electron chi connectivity index (χ2n) is 6.74. The molecule has 0 bridgehead atoms. The lowest BCUT2D eigenvalue weighted by Crippen LogP contribution is -2.36. The maximum Gasteiger partial charge on any atom is 0.275 e. The number of fused-ring (bicyclic) bond motifs is 2. The highest BCUT2D eigenvalue weighted by Gasteiger charge is 2.19. The highest BCUT2D eigenvalue weighted by Crippen LogP contribution is 2.20. The van der Waals surface area contributed by atoms with Gasteiger partial charge in [-0.15, -0.1) is 0 Å². The summed E-state index contributed by atoms with van der Waals surface area (Å²) in [6.45, 7) is -0.139. The fourth-order valence-electron chi connectivity index (χ4n) is 3.27. The molecule has 29 heavy (non-hydrogen) atoms. The number of thioether (sulfide) groups is 1. The van der Waals surface area contributed by atoms with Crippen molar-refractivity contribution in [2.75, 3.05) is 12.0 Å². The lowest BCUT2D eigenvalue weighted by atomic mass is 10.2. The summed E-state index contributed by atoms with van der Waals surface area (Å²) in [6, 6.07) is 14.7. The van der Waals surface area contributed by atoms with E-state index in [1.165, 1.54) is 4.68 Å². The topological polar surface area (TPSA) is 92.7 Å². The number of carbonyl (C=O) groups is 1. The van der Waals surface area contributed by atoms with Gasteiger partial charge in [0.25, 0.3) is 5.56 Å². The number of nitrogens with zero attached hydrogens (tertiary/aromatic N) is 3. The molecule has 0 spiro atoms. The predicted octanol–water partition coefficient (Wildman–Crippen LogP) is 2.88. The third-order valence-electron chi connectivity index (χ3n) is 4.74. The standard InChI is InChI=1S/C21H21N5O2S/c1-29-11-10-18(20-24-16-8-4-5-9-17(16)25-20)23-19(27)13-26-21(28)15-7-3-2-6-14(15)12-22-26/h2-9,12,18H,10-11,13H2,1H3,(H,23,27)(H,24,25). The van der Waals surface area contributed by atoms with E-state index in [4.69, 9.17) is 0 Å². The molecule has 148 valence electrons. The van der Waals surface area contributed by atoms with Gasteiger partial charge in [0.1, 0.15) is 12.4 Å². The van der Waals surface area contributed by atoms with E-state index in [0.29, 0.717) is 11.2 Å². The number of nitrogens with one attached hydrogen (secondary N) is 2. The molecule has 2 aromatic heterocycles. The third-order valence-corrected chi connectivity index (χ3v) is 5.38. The zero-order valence-corrected chi connectivity index (χ0v) is 16.8. The molecule has 0 fully saturated rings. The highest BCUT2D eigenvalue weighted by atomic mass is 32.2. The fraction of sp³-hybridized carbons (Fsp3) is 0.238. The molecule has 1 atom stereocenters. The number of benzene rings is 2. The van der Waals surface area contributed by atoms with E-state index < -0.39 is 0 Å². The van der Waals surface area contributed by atoms with Gasteiger partial charge in [0.15, 0.2) is 0 Å². The summed E-state index contributed by atoms with van der Waals surface area (Å²) in [7, 11) is 0. The van der Waals surface area contributed by atoms with Crippen molar-refractivity contribution in [1.82, 2.24) is 25.1 Å². The largest absolute Gasteiger partial charge is 0.345 e. The lowest BCUT2D eigenvalue weighted by Gasteiger charge is -2.16. The van der Waals surface area contributed by atoms with Crippen molar-refractivity contribution < 1.29 is 4.79 Å². The Balaban J connectivity index is 1.55. The number of hydrogen-bond acceptors (Lipinski definition) is 5. The summed E-state index contributed by atoms with van der Waals surface area (Å²) in [5, 5.41) is 8.45. The molecule has 4 aromatic rings. The normalized spacial score (nSPS) is 12.3. The summed E-state index contributed by atoms with van der Waals surface area (Å²) in [4.78, 5) is 33.2. The molecule has 7 nitrogen and oxygen atoms in total. The highest BCUT2D eigenvalue weighted by molar-refractivity contribution is 7.98. The van der Waals surface area contributed by atoms with E-state index >= 15 is 0 Å². The van der Waals surface area contributed by atoms with Crippen LogP contribution in [0.1, 0.15) is 18.3 Å². The maximum atomic E-state index is 12.7. The van der Waals surface area contributed by atoms with Gasteiger partial charge >= 0.3 is 0 Å². The number of carbonyl (C=O) groups excluding carboxylic acids is 1. The van der Waals surface area contributed by atoms with Crippen molar-refractivity contribution in [2.45, 2.75) is 19.0 Å². The zero-order valence-electron chi connectivity index (χ0n) is 16.0. The number of H-pyrrole nitrogens is 1. The van der Waals surface area contributed by atoms with Gasteiger partial charge in [-0.05, 0) is 36.6 Å². The van der Waals surface area contributed by atoms with Crippen molar-refractivity contribution in [1.29, 1.82) is 0 Å². The van der Waals surface area contributed by atoms with Gasteiger partial charge in [-0.2, -0.15) is 16.9 Å². The van der Waals surface area contributed by atoms with E-state index in [9.17, 15) is 9.59 Å². The Kier molecular flexibility index (Phi) is 5.62. The van der Waals surface area contributed by atoms with E-state index in [-0.39, 0.29) is 24.1 Å². The predicted molar refractivity (Wildman–Crippen MR) is 116 cm³/mol. The van der Waals surface area contributed by atoms with Gasteiger partial charge in [-0.1, -0.05) is 30.3 Å². The van der Waals surface area contributed by atoms with Crippen LogP contribution in [0.2, 0.25) is 0 Å². The van der Waals surface area contributed by atoms with E-state index in [1.54, 1.807) is 30.1 Å². The Morgan fingerprint density at radius 2 is 2.00 bits per heavy atom. The summed E-state index contributed by atoms with van der Waals surface area (Å²) in [5.41, 5.74) is 1.51. The third kappa shape index (κ3) is 4.17. The molecule has 2 aromatic carbocycles. The Hall–Kier alpha value is -3.13. The van der Waals surface area contributed by atoms with Crippen LogP contribution >= 0.6 is 11.8 Å². The van der Waals surface area contributed by atoms with Gasteiger partial charge in [-0.3, -0.25) is 9.59 Å². The molecule has 0 saturated carbocycles. The summed E-state index contributed by atoms with van der Waals surface area (Å²) in [6.07, 6.45) is 4.36. The number of hydrogen-bond donors (Lipinski definition) is 2. The molecule has 1 unspecified atom stereocenters. The number of amides is 1. The smallest absolute Gasteiger partial charge is 0.275 e. The number of rotatable bonds is 7. The monoisotopic (exact) mass is 407 g/mol. The summed E-state index contributed by atoms with van der Waals surface area (Å²) >= 11 is 1.71. The number of imidazole rings is 1. The summed E-state index contributed by atoms with van der Waals surface area (Å²) in [5.74, 6) is 1.31. The molecule has 1 amide bonds. The summed E-state index contributed by atoms with van der Waals surface area (Å²) < 4.78 is 1.20. The number of para-hydroxylation sites is 2. The van der Waals surface area contributed by atoms with Gasteiger partial charge in [0.2, 0.25) is 5.91 Å². The van der Waals surface area contributed by atoms with Crippen LogP contribution in [0.25, 0.3) is 21.8 Å². The van der Waals surface area contributed by atoms with Gasteiger partial charge in [-0.25, -0.2) is 9.67 Å². The van der Waals surface area contributed by atoms with Crippen molar-refractivity contribution in [3.8, 4) is 0 Å². The Labute approximate surface area is 171 Å². The molecular formula is C21H21N5O2S. The van der Waals surface area contributed by atoms with Crippen molar-refractivity contribution in [2.24, 2.45) is 0 Å². The average molecular weight is 407 g/mol. The first-order valence-corrected chi connectivity index (χ1v) is 10.7. The first-order valence-electron chi connectivity index (χ1n) is 9.33. The van der Waals surface area contributed by atoms with Gasteiger partial charge < -0.3 is 10.3 Å². The van der Waals surface area contributed by atoms with Crippen LogP contribution in [-0.2, 0) is 11.3 Å². The molecule has 0 saturated heterocycles. The molecule has 0 radical (unpaired) electrons. The van der Waals surface area contributed by atoms with Crippen LogP contribution in [-0.4, -0.2) is 37.7 Å². The van der Waals surface area contributed by atoms with Crippen LogP contribution < -0.4 is 10.9 Å². The van der Waals surface area contributed by atoms with Crippen LogP contribution in [0.3, 0.4) is 0 Å². The van der Waals surface area contributed by atoms with Gasteiger partial charge in [0, 0.05) is 5.39 Å². The fourth-order valence-corrected chi connectivity index (χ4v) is 3.74. The average Bonchev–Trinajstić information content (AvgIpc) is 3.17. The SMILES string of the molecule is CSCCC(NC(=O)Cn1ncc2ccccc2c1=O)c1nc2ccccc2[nH]1. The Morgan fingerprint density at radius 1 is 1.21 bits per heavy atom. The first kappa shape index (κ1) is 19.2. The van der Waals surface area contributed by atoms with Crippen molar-refractivity contribution in [3.05, 3.63) is 70.9 Å². The molecule has 4 rings (SSSR count). The second kappa shape index (κ2) is 8.48. The van der Waals surface area contributed by atoms with Crippen molar-refractivity contribution >= 4 is 39.5 Å². The molecule has 2 N–H and O–H groups in total. The minimum absolute atomic E-state index is 0.139. The molecular weight excluding hydrogens is 386 g/mol. The minimum atomic E-state index is -0.276. The maximum absolute atomic E-state index is 12.7. The van der Waals surface area contributed by atoms with Gasteiger partial charge in [0.05, 0.1) is 28.7 Å². The minimum Gasteiger partial charge on any atom is -0.345 e. The number of aromatic amines is 1. The van der Waals surface area contributed by atoms with Crippen molar-refractivity contribution in [3.63, 3.8) is 0 Å². The Morgan fingerprint density at radius 3 is 2.83 bits per heavy atom. The van der Waals surface area contributed by atoms with Crippen LogP contribution in [0.15, 0.2) is 59.5 Å². The quantitative estimate of drug-likeness (QED) is 0.491. The Bertz CT molecular complexity index is 1180. The van der Waals surface area contributed by atoms with E-state index in [2.05, 4.69) is 20.4 Å². The van der Waals surface area contributed by atoms with Crippen LogP contribution in [0, 0.1) is 0 Å². The lowest BCUT2D eigenvalue weighted by molar-refractivity contribution is -0.122. The molecule has 8 heteroatoms. The number of aromatic nitrogens is 4. The first-order chi connectivity index (χ1) is 14.2. The molecule has 2 heterocycles. The molecule has 0 aliphatic rings. The van der Waals surface area contributed by atoms with E-state index in [1.807, 2.05) is 42.7 Å². The zero-order chi connectivity index (χ0) is 20.2. The van der Waals surface area contributed by atoms with Crippen LogP contribution in [0.5, 0.6) is 0 Å². The molecule has 0 aliphatic heterocycles. The molecule has 0 aliphatic carbocycles. The van der Waals surface area contributed by atoms with E-state index in [0.717, 1.165) is 28.6 Å².